The Labute approximate surface area is 79.2 Å². The summed E-state index contributed by atoms with van der Waals surface area (Å²) in [5.41, 5.74) is 0. The second-order valence-electron chi connectivity index (χ2n) is 3.21. The first kappa shape index (κ1) is 10.3. The number of hydrogen-bond acceptors (Lipinski definition) is 2. The Kier molecular flexibility index (Phi) is 4.33. The van der Waals surface area contributed by atoms with Crippen molar-refractivity contribution < 1.29 is 9.47 Å². The molecule has 0 N–H and O–H groups in total. The van der Waals surface area contributed by atoms with E-state index in [9.17, 15) is 0 Å². The number of methoxy groups -OCH3 is 1. The molecule has 1 rings (SSSR count). The summed E-state index contributed by atoms with van der Waals surface area (Å²) in [6, 6.07) is 0. The zero-order valence-corrected chi connectivity index (χ0v) is 8.51. The first-order valence-electron chi connectivity index (χ1n) is 4.56. The van der Waals surface area contributed by atoms with Crippen LogP contribution in [-0.4, -0.2) is 31.3 Å². The molecule has 1 fully saturated rings. The van der Waals surface area contributed by atoms with E-state index in [0.29, 0.717) is 0 Å². The summed E-state index contributed by atoms with van der Waals surface area (Å²) in [7, 11) is 1.73. The highest BCUT2D eigenvalue weighted by molar-refractivity contribution is 6.20. The van der Waals surface area contributed by atoms with Crippen LogP contribution in [0.4, 0.5) is 0 Å². The molecule has 0 aromatic rings. The SMILES string of the molecule is CCC(OC)C1CC(Cl)CCO1. The lowest BCUT2D eigenvalue weighted by Crippen LogP contribution is -2.36. The summed E-state index contributed by atoms with van der Waals surface area (Å²) in [4.78, 5) is 0. The molecule has 1 saturated heterocycles. The van der Waals surface area contributed by atoms with Crippen molar-refractivity contribution in [1.29, 1.82) is 0 Å². The lowest BCUT2D eigenvalue weighted by atomic mass is 10.0. The van der Waals surface area contributed by atoms with Gasteiger partial charge in [0.05, 0.1) is 12.2 Å². The number of ether oxygens (including phenoxy) is 2. The van der Waals surface area contributed by atoms with Gasteiger partial charge in [-0.2, -0.15) is 0 Å². The Bertz CT molecular complexity index is 126. The highest BCUT2D eigenvalue weighted by Gasteiger charge is 2.27. The number of alkyl halides is 1. The second-order valence-corrected chi connectivity index (χ2v) is 3.83. The molecule has 1 aliphatic rings. The molecule has 3 atom stereocenters. The van der Waals surface area contributed by atoms with Gasteiger partial charge in [0.25, 0.3) is 0 Å². The molecule has 3 heteroatoms. The average Bonchev–Trinajstić information content (AvgIpc) is 2.07. The minimum Gasteiger partial charge on any atom is -0.379 e. The molecule has 0 aromatic carbocycles. The van der Waals surface area contributed by atoms with E-state index in [1.807, 2.05) is 0 Å². The topological polar surface area (TPSA) is 18.5 Å². The van der Waals surface area contributed by atoms with Gasteiger partial charge >= 0.3 is 0 Å². The van der Waals surface area contributed by atoms with Crippen molar-refractivity contribution in [3.05, 3.63) is 0 Å². The van der Waals surface area contributed by atoms with Crippen LogP contribution < -0.4 is 0 Å². The minimum absolute atomic E-state index is 0.205. The lowest BCUT2D eigenvalue weighted by molar-refractivity contribution is -0.0772. The molecule has 12 heavy (non-hydrogen) atoms. The van der Waals surface area contributed by atoms with Gasteiger partial charge in [-0.05, 0) is 19.3 Å². The van der Waals surface area contributed by atoms with Gasteiger partial charge in [-0.3, -0.25) is 0 Å². The molecule has 0 bridgehead atoms. The van der Waals surface area contributed by atoms with E-state index in [-0.39, 0.29) is 17.6 Å². The van der Waals surface area contributed by atoms with Crippen LogP contribution in [0.3, 0.4) is 0 Å². The predicted molar refractivity (Wildman–Crippen MR) is 49.7 cm³/mol. The zero-order chi connectivity index (χ0) is 8.97. The Morgan fingerprint density at radius 1 is 1.67 bits per heavy atom. The van der Waals surface area contributed by atoms with Crippen molar-refractivity contribution in [2.45, 2.75) is 43.8 Å². The van der Waals surface area contributed by atoms with E-state index in [2.05, 4.69) is 6.92 Å². The third-order valence-electron chi connectivity index (χ3n) is 2.37. The summed E-state index contributed by atoms with van der Waals surface area (Å²) in [6.07, 6.45) is 3.31. The van der Waals surface area contributed by atoms with Gasteiger partial charge in [-0.15, -0.1) is 11.6 Å². The Morgan fingerprint density at radius 3 is 2.92 bits per heavy atom. The van der Waals surface area contributed by atoms with Crippen LogP contribution in [0, 0.1) is 0 Å². The molecule has 0 amide bonds. The third kappa shape index (κ3) is 2.61. The van der Waals surface area contributed by atoms with E-state index < -0.39 is 0 Å². The van der Waals surface area contributed by atoms with Crippen LogP contribution in [0.2, 0.25) is 0 Å². The van der Waals surface area contributed by atoms with Crippen LogP contribution in [0.5, 0.6) is 0 Å². The van der Waals surface area contributed by atoms with Crippen LogP contribution >= 0.6 is 11.6 Å². The van der Waals surface area contributed by atoms with Crippen molar-refractivity contribution in [3.8, 4) is 0 Å². The van der Waals surface area contributed by atoms with Crippen LogP contribution in [0.1, 0.15) is 26.2 Å². The van der Waals surface area contributed by atoms with Gasteiger partial charge in [0.15, 0.2) is 0 Å². The molecule has 2 nitrogen and oxygen atoms in total. The average molecular weight is 193 g/mol. The second kappa shape index (κ2) is 5.05. The summed E-state index contributed by atoms with van der Waals surface area (Å²) >= 11 is 6.03. The summed E-state index contributed by atoms with van der Waals surface area (Å²) in [5.74, 6) is 0. The Hall–Kier alpha value is 0.210. The maximum Gasteiger partial charge on any atom is 0.0850 e. The van der Waals surface area contributed by atoms with E-state index in [1.165, 1.54) is 0 Å². The predicted octanol–water partition coefficient (Wildman–Crippen LogP) is 2.20. The van der Waals surface area contributed by atoms with Gasteiger partial charge in [0, 0.05) is 19.1 Å². The summed E-state index contributed by atoms with van der Waals surface area (Å²) in [6.45, 7) is 2.88. The first-order chi connectivity index (χ1) is 5.77. The zero-order valence-electron chi connectivity index (χ0n) is 7.75. The fourth-order valence-electron chi connectivity index (χ4n) is 1.63. The molecule has 1 heterocycles. The normalized spacial score (nSPS) is 33.2. The van der Waals surface area contributed by atoms with Crippen molar-refractivity contribution in [2.75, 3.05) is 13.7 Å². The Balaban J connectivity index is 2.38. The maximum absolute atomic E-state index is 6.03. The number of hydrogen-bond donors (Lipinski definition) is 0. The minimum atomic E-state index is 0.205. The maximum atomic E-state index is 6.03. The molecule has 0 aromatic heterocycles. The van der Waals surface area contributed by atoms with Crippen molar-refractivity contribution in [3.63, 3.8) is 0 Å². The number of halogens is 1. The summed E-state index contributed by atoms with van der Waals surface area (Å²) < 4.78 is 10.9. The Morgan fingerprint density at radius 2 is 2.42 bits per heavy atom. The van der Waals surface area contributed by atoms with Crippen molar-refractivity contribution >= 4 is 11.6 Å². The standard InChI is InChI=1S/C9H17ClO2/c1-3-8(11-2)9-6-7(10)4-5-12-9/h7-9H,3-6H2,1-2H3. The third-order valence-corrected chi connectivity index (χ3v) is 2.77. The number of rotatable bonds is 3. The largest absolute Gasteiger partial charge is 0.379 e. The fourth-order valence-corrected chi connectivity index (χ4v) is 1.89. The fraction of sp³-hybridized carbons (Fsp3) is 1.00. The van der Waals surface area contributed by atoms with Crippen LogP contribution in [0.15, 0.2) is 0 Å². The van der Waals surface area contributed by atoms with E-state index >= 15 is 0 Å². The summed E-state index contributed by atoms with van der Waals surface area (Å²) in [5, 5.41) is 0.271. The lowest BCUT2D eigenvalue weighted by Gasteiger charge is -2.31. The van der Waals surface area contributed by atoms with Gasteiger partial charge < -0.3 is 9.47 Å². The molecular formula is C9H17ClO2. The van der Waals surface area contributed by atoms with Gasteiger partial charge in [-0.25, -0.2) is 0 Å². The molecule has 0 radical (unpaired) electrons. The molecule has 0 saturated carbocycles. The molecule has 1 aliphatic heterocycles. The van der Waals surface area contributed by atoms with E-state index in [4.69, 9.17) is 21.1 Å². The molecule has 3 unspecified atom stereocenters. The van der Waals surface area contributed by atoms with Gasteiger partial charge in [-0.1, -0.05) is 6.92 Å². The van der Waals surface area contributed by atoms with Crippen LogP contribution in [0.25, 0.3) is 0 Å². The monoisotopic (exact) mass is 192 g/mol. The quantitative estimate of drug-likeness (QED) is 0.639. The highest BCUT2D eigenvalue weighted by atomic mass is 35.5. The smallest absolute Gasteiger partial charge is 0.0850 e. The van der Waals surface area contributed by atoms with Crippen molar-refractivity contribution in [2.24, 2.45) is 0 Å². The molecular weight excluding hydrogens is 176 g/mol. The van der Waals surface area contributed by atoms with Gasteiger partial charge in [0.1, 0.15) is 0 Å². The molecule has 72 valence electrons. The highest BCUT2D eigenvalue weighted by Crippen LogP contribution is 2.23. The molecule has 0 aliphatic carbocycles. The van der Waals surface area contributed by atoms with E-state index in [0.717, 1.165) is 25.9 Å². The van der Waals surface area contributed by atoms with Gasteiger partial charge in [0.2, 0.25) is 0 Å². The molecule has 0 spiro atoms. The van der Waals surface area contributed by atoms with E-state index in [1.54, 1.807) is 7.11 Å². The van der Waals surface area contributed by atoms with Crippen molar-refractivity contribution in [1.82, 2.24) is 0 Å². The first-order valence-corrected chi connectivity index (χ1v) is 5.00. The van der Waals surface area contributed by atoms with Crippen LogP contribution in [-0.2, 0) is 9.47 Å².